The van der Waals surface area contributed by atoms with Gasteiger partial charge in [-0.05, 0) is 62.0 Å². The van der Waals surface area contributed by atoms with Crippen molar-refractivity contribution in [2.24, 2.45) is 17.8 Å². The lowest BCUT2D eigenvalue weighted by atomic mass is 9.97. The van der Waals surface area contributed by atoms with E-state index in [1.54, 1.807) is 0 Å². The third-order valence-electron chi connectivity index (χ3n) is 5.02. The number of aryl methyl sites for hydroxylation is 1. The molecule has 2 aliphatic carbocycles. The zero-order valence-corrected chi connectivity index (χ0v) is 12.7. The SMILES string of the molecule is Cc1cccc2nc(CCl)n(CC(C3CC3)C3CC3)c12. The van der Waals surface area contributed by atoms with Crippen LogP contribution in [0.15, 0.2) is 18.2 Å². The Morgan fingerprint density at radius 3 is 2.55 bits per heavy atom. The largest absolute Gasteiger partial charge is 0.326 e. The molecule has 0 atom stereocenters. The Balaban J connectivity index is 1.76. The van der Waals surface area contributed by atoms with Gasteiger partial charge in [-0.1, -0.05) is 12.1 Å². The topological polar surface area (TPSA) is 17.8 Å². The van der Waals surface area contributed by atoms with Crippen LogP contribution in [-0.4, -0.2) is 9.55 Å². The predicted molar refractivity (Wildman–Crippen MR) is 83.0 cm³/mol. The second-order valence-electron chi connectivity index (χ2n) is 6.55. The van der Waals surface area contributed by atoms with Gasteiger partial charge < -0.3 is 4.57 Å². The summed E-state index contributed by atoms with van der Waals surface area (Å²) < 4.78 is 2.42. The minimum absolute atomic E-state index is 0.510. The first kappa shape index (κ1) is 12.7. The Kier molecular flexibility index (Phi) is 3.03. The number of imidazole rings is 1. The zero-order chi connectivity index (χ0) is 13.7. The summed E-state index contributed by atoms with van der Waals surface area (Å²) in [6.45, 7) is 3.31. The van der Waals surface area contributed by atoms with E-state index in [0.29, 0.717) is 5.88 Å². The molecule has 106 valence electrons. The van der Waals surface area contributed by atoms with Crippen LogP contribution >= 0.6 is 11.6 Å². The molecule has 0 saturated heterocycles. The van der Waals surface area contributed by atoms with E-state index >= 15 is 0 Å². The standard InChI is InChI=1S/C17H21ClN2/c1-11-3-2-4-15-17(11)20(16(9-18)19-15)10-14(12-5-6-12)13-7-8-13/h2-4,12-14H,5-10H2,1H3. The molecule has 4 rings (SSSR count). The maximum atomic E-state index is 6.15. The third-order valence-corrected chi connectivity index (χ3v) is 5.25. The van der Waals surface area contributed by atoms with Gasteiger partial charge in [-0.25, -0.2) is 4.98 Å². The Bertz CT molecular complexity index is 626. The van der Waals surface area contributed by atoms with E-state index < -0.39 is 0 Å². The highest BCUT2D eigenvalue weighted by Crippen LogP contribution is 2.50. The van der Waals surface area contributed by atoms with Crippen LogP contribution in [0.25, 0.3) is 11.0 Å². The first-order valence-electron chi connectivity index (χ1n) is 7.78. The molecule has 0 amide bonds. The van der Waals surface area contributed by atoms with Crippen LogP contribution in [-0.2, 0) is 12.4 Å². The lowest BCUT2D eigenvalue weighted by molar-refractivity contribution is 0.349. The lowest BCUT2D eigenvalue weighted by Gasteiger charge is -2.19. The molecule has 1 aromatic carbocycles. The summed E-state index contributed by atoms with van der Waals surface area (Å²) in [6.07, 6.45) is 5.73. The monoisotopic (exact) mass is 288 g/mol. The molecule has 2 fully saturated rings. The van der Waals surface area contributed by atoms with Crippen molar-refractivity contribution in [2.45, 2.75) is 45.0 Å². The maximum Gasteiger partial charge on any atom is 0.124 e. The van der Waals surface area contributed by atoms with Crippen LogP contribution < -0.4 is 0 Å². The Labute approximate surface area is 125 Å². The van der Waals surface area contributed by atoms with Crippen molar-refractivity contribution in [2.75, 3.05) is 0 Å². The van der Waals surface area contributed by atoms with Crippen molar-refractivity contribution in [1.29, 1.82) is 0 Å². The van der Waals surface area contributed by atoms with E-state index in [2.05, 4.69) is 29.7 Å². The summed E-state index contributed by atoms with van der Waals surface area (Å²) in [6, 6.07) is 6.38. The Morgan fingerprint density at radius 2 is 1.95 bits per heavy atom. The number of benzene rings is 1. The molecule has 3 heteroatoms. The predicted octanol–water partition coefficient (Wildman–Crippen LogP) is 4.52. The van der Waals surface area contributed by atoms with Crippen LogP contribution in [0.5, 0.6) is 0 Å². The number of halogens is 1. The van der Waals surface area contributed by atoms with E-state index in [4.69, 9.17) is 16.6 Å². The summed E-state index contributed by atoms with van der Waals surface area (Å²) in [5.74, 6) is 4.34. The summed E-state index contributed by atoms with van der Waals surface area (Å²) in [4.78, 5) is 4.74. The smallest absolute Gasteiger partial charge is 0.124 e. The number of hydrogen-bond donors (Lipinski definition) is 0. The van der Waals surface area contributed by atoms with Crippen LogP contribution in [0.4, 0.5) is 0 Å². The van der Waals surface area contributed by atoms with Crippen molar-refractivity contribution in [3.63, 3.8) is 0 Å². The Morgan fingerprint density at radius 1 is 1.25 bits per heavy atom. The number of fused-ring (bicyclic) bond motifs is 1. The summed E-state index contributed by atoms with van der Waals surface area (Å²) in [5.41, 5.74) is 3.72. The summed E-state index contributed by atoms with van der Waals surface area (Å²) in [7, 11) is 0. The fraction of sp³-hybridized carbons (Fsp3) is 0.588. The third kappa shape index (κ3) is 2.14. The molecule has 2 nitrogen and oxygen atoms in total. The fourth-order valence-corrected chi connectivity index (χ4v) is 3.86. The van der Waals surface area contributed by atoms with E-state index in [1.807, 2.05) is 0 Å². The molecule has 0 radical (unpaired) electrons. The highest BCUT2D eigenvalue weighted by molar-refractivity contribution is 6.16. The van der Waals surface area contributed by atoms with Crippen LogP contribution in [0.1, 0.15) is 37.1 Å². The van der Waals surface area contributed by atoms with Crippen LogP contribution in [0, 0.1) is 24.7 Å². The molecule has 0 unspecified atom stereocenters. The van der Waals surface area contributed by atoms with E-state index in [9.17, 15) is 0 Å². The van der Waals surface area contributed by atoms with Crippen LogP contribution in [0.2, 0.25) is 0 Å². The first-order chi connectivity index (χ1) is 9.78. The molecule has 2 aromatic rings. The van der Waals surface area contributed by atoms with Crippen molar-refractivity contribution in [3.05, 3.63) is 29.6 Å². The van der Waals surface area contributed by atoms with Gasteiger partial charge in [0.1, 0.15) is 5.82 Å². The van der Waals surface area contributed by atoms with Gasteiger partial charge in [0.05, 0.1) is 16.9 Å². The van der Waals surface area contributed by atoms with Gasteiger partial charge in [0.25, 0.3) is 0 Å². The number of aromatic nitrogens is 2. The van der Waals surface area contributed by atoms with Gasteiger partial charge in [-0.15, -0.1) is 11.6 Å². The second kappa shape index (κ2) is 4.77. The number of nitrogens with zero attached hydrogens (tertiary/aromatic N) is 2. The molecule has 2 aliphatic rings. The van der Waals surface area contributed by atoms with Gasteiger partial charge in [0.15, 0.2) is 0 Å². The number of hydrogen-bond acceptors (Lipinski definition) is 1. The van der Waals surface area contributed by atoms with Crippen molar-refractivity contribution in [1.82, 2.24) is 9.55 Å². The molecule has 20 heavy (non-hydrogen) atoms. The van der Waals surface area contributed by atoms with Gasteiger partial charge in [-0.2, -0.15) is 0 Å². The van der Waals surface area contributed by atoms with Gasteiger partial charge in [0.2, 0.25) is 0 Å². The van der Waals surface area contributed by atoms with Crippen molar-refractivity contribution in [3.8, 4) is 0 Å². The molecule has 2 saturated carbocycles. The average molecular weight is 289 g/mol. The maximum absolute atomic E-state index is 6.15. The van der Waals surface area contributed by atoms with Gasteiger partial charge >= 0.3 is 0 Å². The summed E-state index contributed by atoms with van der Waals surface area (Å²) >= 11 is 6.15. The molecular weight excluding hydrogens is 268 g/mol. The minimum Gasteiger partial charge on any atom is -0.326 e. The fourth-order valence-electron chi connectivity index (χ4n) is 3.65. The molecule has 0 aliphatic heterocycles. The molecule has 0 spiro atoms. The number of rotatable bonds is 5. The van der Waals surface area contributed by atoms with E-state index in [1.165, 1.54) is 36.8 Å². The van der Waals surface area contributed by atoms with Crippen LogP contribution in [0.3, 0.4) is 0 Å². The quantitative estimate of drug-likeness (QED) is 0.740. The molecule has 1 aromatic heterocycles. The minimum atomic E-state index is 0.510. The number of alkyl halides is 1. The molecular formula is C17H21ClN2. The second-order valence-corrected chi connectivity index (χ2v) is 6.82. The Hall–Kier alpha value is -1.02. The molecule has 0 bridgehead atoms. The van der Waals surface area contributed by atoms with Gasteiger partial charge in [-0.3, -0.25) is 0 Å². The average Bonchev–Trinajstić information content (AvgIpc) is 3.34. The lowest BCUT2D eigenvalue weighted by Crippen LogP contribution is -2.16. The van der Waals surface area contributed by atoms with Crippen molar-refractivity contribution < 1.29 is 0 Å². The first-order valence-corrected chi connectivity index (χ1v) is 8.32. The van der Waals surface area contributed by atoms with Crippen molar-refractivity contribution >= 4 is 22.6 Å². The van der Waals surface area contributed by atoms with E-state index in [-0.39, 0.29) is 0 Å². The number of para-hydroxylation sites is 1. The summed E-state index contributed by atoms with van der Waals surface area (Å²) in [5, 5.41) is 0. The molecule has 1 heterocycles. The highest BCUT2D eigenvalue weighted by Gasteiger charge is 2.41. The van der Waals surface area contributed by atoms with E-state index in [0.717, 1.165) is 35.6 Å². The highest BCUT2D eigenvalue weighted by atomic mass is 35.5. The normalized spacial score (nSPS) is 19.1. The van der Waals surface area contributed by atoms with Gasteiger partial charge in [0, 0.05) is 6.54 Å². The molecule has 0 N–H and O–H groups in total. The zero-order valence-electron chi connectivity index (χ0n) is 12.0.